The molecular formula is C6H4N3O4. The van der Waals surface area contributed by atoms with Gasteiger partial charge in [-0.25, -0.2) is 0 Å². The normalized spacial score (nSPS) is 9.54. The van der Waals surface area contributed by atoms with Gasteiger partial charge < -0.3 is 5.73 Å². The third-order valence-corrected chi connectivity index (χ3v) is 1.32. The van der Waals surface area contributed by atoms with Crippen LogP contribution in [0.1, 0.15) is 0 Å². The van der Waals surface area contributed by atoms with Crippen molar-refractivity contribution in [2.24, 2.45) is 0 Å². The zero-order valence-corrected chi connectivity index (χ0v) is 6.26. The van der Waals surface area contributed by atoms with E-state index in [0.717, 1.165) is 18.2 Å². The average Bonchev–Trinajstić information content (AvgIpc) is 2.03. The Kier molecular flexibility index (Phi) is 2.09. The van der Waals surface area contributed by atoms with E-state index >= 15 is 0 Å². The Labute approximate surface area is 72.1 Å². The first-order valence-electron chi connectivity index (χ1n) is 3.16. The lowest BCUT2D eigenvalue weighted by Gasteiger charge is -1.94. The van der Waals surface area contributed by atoms with Crippen molar-refractivity contribution in [2.75, 3.05) is 0 Å². The molecule has 1 aromatic rings. The lowest BCUT2D eigenvalue weighted by atomic mass is 10.2. The molecule has 0 amide bonds. The molecule has 7 heteroatoms. The fraction of sp³-hybridized carbons (Fsp3) is 0. The van der Waals surface area contributed by atoms with Gasteiger partial charge in [0.2, 0.25) is 0 Å². The van der Waals surface area contributed by atoms with Gasteiger partial charge in [0, 0.05) is 12.1 Å². The topological polar surface area (TPSA) is 110 Å². The average molecular weight is 182 g/mol. The van der Waals surface area contributed by atoms with Gasteiger partial charge in [0.15, 0.2) is 0 Å². The van der Waals surface area contributed by atoms with Crippen LogP contribution in [-0.2, 0) is 0 Å². The van der Waals surface area contributed by atoms with Crippen LogP contribution >= 0.6 is 0 Å². The van der Waals surface area contributed by atoms with E-state index in [0.29, 0.717) is 0 Å². The first-order chi connectivity index (χ1) is 6.00. The van der Waals surface area contributed by atoms with E-state index in [-0.39, 0.29) is 5.69 Å². The minimum atomic E-state index is -0.773. The van der Waals surface area contributed by atoms with Crippen molar-refractivity contribution >= 4 is 17.1 Å². The number of hydrogen-bond donors (Lipinski definition) is 0. The van der Waals surface area contributed by atoms with Crippen LogP contribution in [-0.4, -0.2) is 9.85 Å². The van der Waals surface area contributed by atoms with E-state index in [4.69, 9.17) is 5.73 Å². The van der Waals surface area contributed by atoms with E-state index in [2.05, 4.69) is 0 Å². The van der Waals surface area contributed by atoms with Crippen LogP contribution in [0, 0.1) is 20.2 Å². The van der Waals surface area contributed by atoms with Crippen LogP contribution in [0.15, 0.2) is 18.2 Å². The molecule has 0 unspecified atom stereocenters. The number of nitro groups is 2. The van der Waals surface area contributed by atoms with Gasteiger partial charge in [0.25, 0.3) is 11.4 Å². The highest BCUT2D eigenvalue weighted by atomic mass is 16.6. The van der Waals surface area contributed by atoms with Crippen LogP contribution in [0.25, 0.3) is 0 Å². The summed E-state index contributed by atoms with van der Waals surface area (Å²) in [6.45, 7) is 0. The molecule has 0 bridgehead atoms. The Bertz CT molecular complexity index is 344. The summed E-state index contributed by atoms with van der Waals surface area (Å²) in [6, 6.07) is 2.72. The number of nitrogens with one attached hydrogen (secondary N) is 1. The summed E-state index contributed by atoms with van der Waals surface area (Å²) >= 11 is 0. The van der Waals surface area contributed by atoms with Crippen LogP contribution in [0.4, 0.5) is 17.1 Å². The maximum absolute atomic E-state index is 10.2. The Morgan fingerprint density at radius 1 is 1.00 bits per heavy atom. The maximum atomic E-state index is 10.2. The number of non-ortho nitro benzene ring substituents is 2. The third kappa shape index (κ3) is 1.89. The van der Waals surface area contributed by atoms with Gasteiger partial charge in [-0.3, -0.25) is 20.2 Å². The first kappa shape index (κ1) is 8.91. The molecule has 0 atom stereocenters. The van der Waals surface area contributed by atoms with Gasteiger partial charge in [-0.2, -0.15) is 0 Å². The standard InChI is InChI=1S/C6H4N3O4/c7-4-1-5(8(10)11)3-6(2-4)9(12)13/h1-3,7H. The lowest BCUT2D eigenvalue weighted by Crippen LogP contribution is -1.92. The third-order valence-electron chi connectivity index (χ3n) is 1.32. The molecule has 0 saturated heterocycles. The van der Waals surface area contributed by atoms with Crippen molar-refractivity contribution in [1.82, 2.24) is 5.73 Å². The second kappa shape index (κ2) is 3.05. The molecule has 0 aliphatic carbocycles. The minimum Gasteiger partial charge on any atom is -0.300 e. The number of hydrogen-bond acceptors (Lipinski definition) is 4. The number of nitrogens with zero attached hydrogens (tertiary/aromatic N) is 2. The smallest absolute Gasteiger partial charge is 0.278 e. The highest BCUT2D eigenvalue weighted by Gasteiger charge is 2.14. The second-order valence-electron chi connectivity index (χ2n) is 2.25. The fourth-order valence-corrected chi connectivity index (χ4v) is 0.806. The Hall–Kier alpha value is -2.18. The number of nitro benzene ring substituents is 2. The molecule has 7 nitrogen and oxygen atoms in total. The molecular weight excluding hydrogens is 178 g/mol. The van der Waals surface area contributed by atoms with Crippen LogP contribution in [0.3, 0.4) is 0 Å². The van der Waals surface area contributed by atoms with Crippen LogP contribution < -0.4 is 5.73 Å². The summed E-state index contributed by atoms with van der Waals surface area (Å²) in [6.07, 6.45) is 0. The molecule has 1 N–H and O–H groups in total. The summed E-state index contributed by atoms with van der Waals surface area (Å²) in [7, 11) is 0. The van der Waals surface area contributed by atoms with E-state index in [1.807, 2.05) is 0 Å². The predicted molar refractivity (Wildman–Crippen MR) is 42.5 cm³/mol. The lowest BCUT2D eigenvalue weighted by molar-refractivity contribution is -0.394. The number of benzene rings is 1. The monoisotopic (exact) mass is 182 g/mol. The maximum Gasteiger partial charge on any atom is 0.278 e. The Balaban J connectivity index is 3.26. The summed E-state index contributed by atoms with van der Waals surface area (Å²) in [5.41, 5.74) is 5.91. The zero-order valence-electron chi connectivity index (χ0n) is 6.26. The van der Waals surface area contributed by atoms with Crippen LogP contribution in [0.5, 0.6) is 0 Å². The van der Waals surface area contributed by atoms with Gasteiger partial charge in [-0.15, -0.1) is 0 Å². The number of rotatable bonds is 2. The van der Waals surface area contributed by atoms with Crippen molar-refractivity contribution in [1.29, 1.82) is 0 Å². The molecule has 0 saturated carbocycles. The summed E-state index contributed by atoms with van der Waals surface area (Å²) in [4.78, 5) is 18.9. The Morgan fingerprint density at radius 2 is 1.38 bits per heavy atom. The molecule has 0 aliphatic rings. The summed E-state index contributed by atoms with van der Waals surface area (Å²) in [5, 5.41) is 20.5. The summed E-state index contributed by atoms with van der Waals surface area (Å²) in [5.74, 6) is 0. The van der Waals surface area contributed by atoms with Gasteiger partial charge >= 0.3 is 0 Å². The molecule has 13 heavy (non-hydrogen) atoms. The van der Waals surface area contributed by atoms with Crippen molar-refractivity contribution < 1.29 is 9.85 Å². The predicted octanol–water partition coefficient (Wildman–Crippen LogP) is 1.42. The van der Waals surface area contributed by atoms with E-state index in [9.17, 15) is 20.2 Å². The SMILES string of the molecule is [NH]c1cc([N+](=O)[O-])cc([N+](=O)[O-])c1. The first-order valence-corrected chi connectivity index (χ1v) is 3.16. The quantitative estimate of drug-likeness (QED) is 0.508. The molecule has 67 valence electrons. The zero-order chi connectivity index (χ0) is 10.0. The highest BCUT2D eigenvalue weighted by molar-refractivity contribution is 5.54. The van der Waals surface area contributed by atoms with Crippen molar-refractivity contribution in [3.05, 3.63) is 38.4 Å². The van der Waals surface area contributed by atoms with Gasteiger partial charge in [0.1, 0.15) is 0 Å². The minimum absolute atomic E-state index is 0.249. The molecule has 0 aromatic heterocycles. The molecule has 1 aromatic carbocycles. The molecule has 0 fully saturated rings. The van der Waals surface area contributed by atoms with Crippen molar-refractivity contribution in [2.45, 2.75) is 0 Å². The molecule has 1 radical (unpaired) electrons. The molecule has 1 rings (SSSR count). The second-order valence-corrected chi connectivity index (χ2v) is 2.25. The molecule has 0 spiro atoms. The van der Waals surface area contributed by atoms with Gasteiger partial charge in [0.05, 0.1) is 21.6 Å². The van der Waals surface area contributed by atoms with Gasteiger partial charge in [-0.1, -0.05) is 0 Å². The van der Waals surface area contributed by atoms with Crippen molar-refractivity contribution in [3.8, 4) is 0 Å². The molecule has 0 aliphatic heterocycles. The van der Waals surface area contributed by atoms with E-state index in [1.165, 1.54) is 0 Å². The molecule has 0 heterocycles. The Morgan fingerprint density at radius 3 is 1.69 bits per heavy atom. The fourth-order valence-electron chi connectivity index (χ4n) is 0.806. The summed E-state index contributed by atoms with van der Waals surface area (Å²) < 4.78 is 0. The van der Waals surface area contributed by atoms with E-state index in [1.54, 1.807) is 0 Å². The van der Waals surface area contributed by atoms with Crippen LogP contribution in [0.2, 0.25) is 0 Å². The van der Waals surface area contributed by atoms with Crippen molar-refractivity contribution in [3.63, 3.8) is 0 Å². The largest absolute Gasteiger partial charge is 0.300 e. The highest BCUT2D eigenvalue weighted by Crippen LogP contribution is 2.24. The van der Waals surface area contributed by atoms with E-state index < -0.39 is 21.2 Å². The van der Waals surface area contributed by atoms with Gasteiger partial charge in [-0.05, 0) is 0 Å².